The molecule has 1 aliphatic heterocycles. The summed E-state index contributed by atoms with van der Waals surface area (Å²) in [6.45, 7) is 0.818. The van der Waals surface area contributed by atoms with Crippen molar-refractivity contribution in [2.24, 2.45) is 0 Å². The van der Waals surface area contributed by atoms with E-state index in [4.69, 9.17) is 0 Å². The van der Waals surface area contributed by atoms with Crippen LogP contribution in [-0.4, -0.2) is 18.6 Å². The van der Waals surface area contributed by atoms with Gasteiger partial charge in [-0.25, -0.2) is 0 Å². The van der Waals surface area contributed by atoms with Gasteiger partial charge in [0.1, 0.15) is 0 Å². The maximum atomic E-state index is 10.0. The third-order valence-electron chi connectivity index (χ3n) is 1.34. The number of carbonyl (C=O) groups is 1. The first-order valence-electron chi connectivity index (χ1n) is 2.75. The molecular weight excluding hydrogens is 113 g/mol. The number of hydrogen-bond donors (Lipinski definition) is 1. The van der Waals surface area contributed by atoms with Crippen molar-refractivity contribution in [2.45, 2.75) is 18.9 Å². The van der Waals surface area contributed by atoms with Crippen LogP contribution in [0.4, 0.5) is 0 Å². The fourth-order valence-corrected chi connectivity index (χ4v) is 0.886. The Bertz CT molecular complexity index is 101. The van der Waals surface area contributed by atoms with Crippen LogP contribution in [0.5, 0.6) is 0 Å². The van der Waals surface area contributed by atoms with Crippen molar-refractivity contribution >= 4 is 5.97 Å². The van der Waals surface area contributed by atoms with Crippen molar-refractivity contribution in [1.82, 2.24) is 5.32 Å². The number of hydrogen-bond acceptors (Lipinski definition) is 3. The van der Waals surface area contributed by atoms with Gasteiger partial charge >= 0.3 is 18.9 Å². The van der Waals surface area contributed by atoms with Crippen LogP contribution in [0.15, 0.2) is 0 Å². The van der Waals surface area contributed by atoms with Crippen LogP contribution in [0.2, 0.25) is 0 Å². The summed E-state index contributed by atoms with van der Waals surface area (Å²) < 4.78 is 0. The predicted molar refractivity (Wildman–Crippen MR) is 26.0 cm³/mol. The van der Waals surface area contributed by atoms with Gasteiger partial charge < -0.3 is 15.2 Å². The third-order valence-corrected chi connectivity index (χ3v) is 1.34. The second-order valence-corrected chi connectivity index (χ2v) is 1.97. The predicted octanol–water partition coefficient (Wildman–Crippen LogP) is -4.51. The van der Waals surface area contributed by atoms with Gasteiger partial charge in [-0.05, 0) is 19.4 Å². The zero-order valence-electron chi connectivity index (χ0n) is 5.52. The van der Waals surface area contributed by atoms with Gasteiger partial charge in [0.05, 0.1) is 5.97 Å². The maximum absolute atomic E-state index is 10.0. The van der Waals surface area contributed by atoms with Crippen LogP contribution >= 0.6 is 0 Å². The molecule has 1 heterocycles. The molecule has 1 saturated heterocycles. The number of aliphatic carboxylic acids is 1. The SMILES string of the molecule is O=C([O-])C1CCCN1.[Li+]. The van der Waals surface area contributed by atoms with Gasteiger partial charge in [0.2, 0.25) is 0 Å². The molecule has 1 N–H and O–H groups in total. The summed E-state index contributed by atoms with van der Waals surface area (Å²) in [6, 6.07) is -0.380. The van der Waals surface area contributed by atoms with E-state index in [1.54, 1.807) is 0 Å². The Morgan fingerprint density at radius 2 is 2.33 bits per heavy atom. The molecule has 0 saturated carbocycles. The Balaban J connectivity index is 0.000000640. The molecule has 4 heteroatoms. The minimum Gasteiger partial charge on any atom is -0.548 e. The molecule has 1 rings (SSSR count). The zero-order valence-corrected chi connectivity index (χ0v) is 5.52. The zero-order chi connectivity index (χ0) is 5.98. The second kappa shape index (κ2) is 3.94. The number of carboxylic acid groups (broad SMARTS) is 1. The van der Waals surface area contributed by atoms with E-state index in [1.807, 2.05) is 0 Å². The molecule has 0 aromatic carbocycles. The van der Waals surface area contributed by atoms with Crippen molar-refractivity contribution in [2.75, 3.05) is 6.54 Å². The first-order chi connectivity index (χ1) is 3.80. The van der Waals surface area contributed by atoms with E-state index in [9.17, 15) is 9.90 Å². The first kappa shape index (κ1) is 9.03. The molecule has 1 atom stereocenters. The minimum absolute atomic E-state index is 0. The largest absolute Gasteiger partial charge is 1.00 e. The summed E-state index contributed by atoms with van der Waals surface area (Å²) in [5, 5.41) is 12.8. The van der Waals surface area contributed by atoms with Gasteiger partial charge in [0.15, 0.2) is 0 Å². The molecule has 1 fully saturated rings. The Morgan fingerprint density at radius 1 is 1.67 bits per heavy atom. The van der Waals surface area contributed by atoms with Gasteiger partial charge in [0.25, 0.3) is 0 Å². The van der Waals surface area contributed by atoms with E-state index < -0.39 is 5.97 Å². The van der Waals surface area contributed by atoms with Gasteiger partial charge in [-0.2, -0.15) is 0 Å². The van der Waals surface area contributed by atoms with Crippen LogP contribution in [0, 0.1) is 0 Å². The molecule has 46 valence electrons. The number of carboxylic acids is 1. The molecule has 0 aromatic heterocycles. The maximum Gasteiger partial charge on any atom is 1.00 e. The van der Waals surface area contributed by atoms with Crippen LogP contribution < -0.4 is 29.3 Å². The Kier molecular flexibility index (Phi) is 3.95. The van der Waals surface area contributed by atoms with Crippen LogP contribution in [0.25, 0.3) is 0 Å². The van der Waals surface area contributed by atoms with E-state index in [2.05, 4.69) is 5.32 Å². The van der Waals surface area contributed by atoms with E-state index in [1.165, 1.54) is 0 Å². The molecule has 0 bridgehead atoms. The minimum atomic E-state index is -0.970. The summed E-state index contributed by atoms with van der Waals surface area (Å²) in [7, 11) is 0. The van der Waals surface area contributed by atoms with Crippen LogP contribution in [0.1, 0.15) is 12.8 Å². The molecular formula is C5H8LiNO2. The fourth-order valence-electron chi connectivity index (χ4n) is 0.886. The number of rotatable bonds is 1. The Labute approximate surface area is 66.0 Å². The molecule has 0 amide bonds. The average Bonchev–Trinajstić information content (AvgIpc) is 2.12. The molecule has 0 aliphatic carbocycles. The fraction of sp³-hybridized carbons (Fsp3) is 0.800. The summed E-state index contributed by atoms with van der Waals surface area (Å²) in [4.78, 5) is 10.0. The van der Waals surface area contributed by atoms with E-state index >= 15 is 0 Å². The van der Waals surface area contributed by atoms with E-state index in [0.717, 1.165) is 19.4 Å². The van der Waals surface area contributed by atoms with Crippen molar-refractivity contribution in [3.8, 4) is 0 Å². The molecule has 0 radical (unpaired) electrons. The van der Waals surface area contributed by atoms with Crippen molar-refractivity contribution in [1.29, 1.82) is 0 Å². The molecule has 0 aromatic rings. The first-order valence-corrected chi connectivity index (χ1v) is 2.75. The molecule has 1 unspecified atom stereocenters. The quantitative estimate of drug-likeness (QED) is 0.356. The molecule has 1 aliphatic rings. The van der Waals surface area contributed by atoms with Crippen molar-refractivity contribution in [3.05, 3.63) is 0 Å². The van der Waals surface area contributed by atoms with Crippen LogP contribution in [-0.2, 0) is 4.79 Å². The van der Waals surface area contributed by atoms with Crippen LogP contribution in [0.3, 0.4) is 0 Å². The average molecular weight is 121 g/mol. The Morgan fingerprint density at radius 3 is 2.56 bits per heavy atom. The third kappa shape index (κ3) is 2.40. The van der Waals surface area contributed by atoms with Gasteiger partial charge in [-0.1, -0.05) is 0 Å². The number of carbonyl (C=O) groups excluding carboxylic acids is 1. The number of nitrogens with one attached hydrogen (secondary N) is 1. The molecule has 0 spiro atoms. The second-order valence-electron chi connectivity index (χ2n) is 1.97. The summed E-state index contributed by atoms with van der Waals surface area (Å²) in [5.41, 5.74) is 0. The molecule has 3 nitrogen and oxygen atoms in total. The summed E-state index contributed by atoms with van der Waals surface area (Å²) in [5.74, 6) is -0.970. The summed E-state index contributed by atoms with van der Waals surface area (Å²) >= 11 is 0. The van der Waals surface area contributed by atoms with Gasteiger partial charge in [-0.15, -0.1) is 0 Å². The van der Waals surface area contributed by atoms with E-state index in [-0.39, 0.29) is 24.9 Å². The van der Waals surface area contributed by atoms with Gasteiger partial charge in [-0.3, -0.25) is 0 Å². The summed E-state index contributed by atoms with van der Waals surface area (Å²) in [6.07, 6.45) is 1.68. The normalized spacial score (nSPS) is 25.1. The monoisotopic (exact) mass is 121 g/mol. The standard InChI is InChI=1S/C5H9NO2.Li/c7-5(8)4-2-1-3-6-4;/h4,6H,1-3H2,(H,7,8);/q;+1/p-1. The van der Waals surface area contributed by atoms with Crippen molar-refractivity contribution < 1.29 is 28.8 Å². The van der Waals surface area contributed by atoms with E-state index in [0.29, 0.717) is 0 Å². The van der Waals surface area contributed by atoms with Gasteiger partial charge in [0, 0.05) is 6.04 Å². The van der Waals surface area contributed by atoms with Crippen molar-refractivity contribution in [3.63, 3.8) is 0 Å². The topological polar surface area (TPSA) is 52.2 Å². The Hall–Kier alpha value is 0.0274. The smallest absolute Gasteiger partial charge is 0.548 e. The molecule has 9 heavy (non-hydrogen) atoms.